The average Bonchev–Trinajstić information content (AvgIpc) is 2.90. The number of halogens is 4. The second kappa shape index (κ2) is 8.59. The van der Waals surface area contributed by atoms with E-state index in [1.807, 2.05) is 0 Å². The summed E-state index contributed by atoms with van der Waals surface area (Å²) in [4.78, 5) is 35.9. The molecule has 11 heteroatoms. The van der Waals surface area contributed by atoms with Crippen molar-refractivity contribution >= 4 is 23.4 Å². The summed E-state index contributed by atoms with van der Waals surface area (Å²) in [6, 6.07) is 2.06. The third-order valence-electron chi connectivity index (χ3n) is 3.99. The van der Waals surface area contributed by atoms with E-state index in [0.29, 0.717) is 4.68 Å². The van der Waals surface area contributed by atoms with Crippen molar-refractivity contribution in [2.75, 3.05) is 6.61 Å². The van der Waals surface area contributed by atoms with Gasteiger partial charge in [0.05, 0.1) is 17.3 Å². The zero-order chi connectivity index (χ0) is 21.2. The molecule has 1 heterocycles. The molecule has 1 aromatic carbocycles. The largest absolute Gasteiger partial charge is 0.465 e. The first kappa shape index (κ1) is 21.7. The number of Topliss-reactive ketones (excluding diaryl/α,β-unsaturated/α-hetero) is 1. The van der Waals surface area contributed by atoms with Crippen molar-refractivity contribution in [3.63, 3.8) is 0 Å². The van der Waals surface area contributed by atoms with Crippen LogP contribution in [0.3, 0.4) is 0 Å². The fraction of sp³-hybridized carbons (Fsp3) is 0.412. The molecule has 0 bridgehead atoms. The second-order valence-corrected chi connectivity index (χ2v) is 6.29. The minimum atomic E-state index is -3.12. The predicted octanol–water partition coefficient (Wildman–Crippen LogP) is 2.84. The molecule has 0 aliphatic heterocycles. The van der Waals surface area contributed by atoms with Crippen LogP contribution in [0.25, 0.3) is 5.69 Å². The van der Waals surface area contributed by atoms with Gasteiger partial charge in [-0.05, 0) is 38.8 Å². The molecule has 2 rings (SSSR count). The van der Waals surface area contributed by atoms with Crippen LogP contribution in [-0.2, 0) is 20.7 Å². The van der Waals surface area contributed by atoms with Gasteiger partial charge in [-0.25, -0.2) is 13.8 Å². The number of esters is 1. The van der Waals surface area contributed by atoms with Gasteiger partial charge in [0.15, 0.2) is 0 Å². The van der Waals surface area contributed by atoms with E-state index in [1.54, 1.807) is 6.92 Å². The normalized spacial score (nSPS) is 12.3. The second-order valence-electron chi connectivity index (χ2n) is 5.91. The van der Waals surface area contributed by atoms with Crippen LogP contribution in [0.5, 0.6) is 0 Å². The number of alkyl halides is 2. The average molecular weight is 420 g/mol. The molecule has 152 valence electrons. The lowest BCUT2D eigenvalue weighted by Gasteiger charge is -2.15. The maximum Gasteiger partial charge on any atom is 0.355 e. The van der Waals surface area contributed by atoms with Crippen LogP contribution >= 0.6 is 11.6 Å². The number of carbonyl (C=O) groups excluding carboxylic acids is 2. The minimum Gasteiger partial charge on any atom is -0.465 e. The van der Waals surface area contributed by atoms with Crippen molar-refractivity contribution < 1.29 is 27.5 Å². The van der Waals surface area contributed by atoms with Gasteiger partial charge >= 0.3 is 18.2 Å². The van der Waals surface area contributed by atoms with Crippen LogP contribution in [-0.4, -0.2) is 32.7 Å². The number of rotatable bonds is 7. The molecule has 0 radical (unpaired) electrons. The monoisotopic (exact) mass is 419 g/mol. The van der Waals surface area contributed by atoms with Gasteiger partial charge in [0.25, 0.3) is 0 Å². The lowest BCUT2D eigenvalue weighted by atomic mass is 9.95. The summed E-state index contributed by atoms with van der Waals surface area (Å²) in [5, 5.41) is 3.35. The van der Waals surface area contributed by atoms with Crippen LogP contribution in [0.15, 0.2) is 16.9 Å². The summed E-state index contributed by atoms with van der Waals surface area (Å²) < 4.78 is 45.8. The standard InChI is InChI=1S/C17H17ClF3N3O4/c1-4-28-15(26)12(8(2)25)6-10-5-11(7-13(19)14(10)18)24-17(27)23(16(20)21)9(3)22-24/h5,7,12,16H,4,6H2,1-3H3. The summed E-state index contributed by atoms with van der Waals surface area (Å²) in [6.45, 7) is 0.863. The molecule has 0 saturated heterocycles. The fourth-order valence-electron chi connectivity index (χ4n) is 2.63. The molecule has 2 aromatic rings. The number of benzene rings is 1. The number of carbonyl (C=O) groups is 2. The molecule has 1 atom stereocenters. The third kappa shape index (κ3) is 4.27. The van der Waals surface area contributed by atoms with Gasteiger partial charge in [0.2, 0.25) is 0 Å². The van der Waals surface area contributed by atoms with Crippen molar-refractivity contribution in [1.82, 2.24) is 14.3 Å². The van der Waals surface area contributed by atoms with E-state index < -0.39 is 35.7 Å². The zero-order valence-corrected chi connectivity index (χ0v) is 16.0. The number of hydrogen-bond donors (Lipinski definition) is 0. The molecule has 0 aliphatic carbocycles. The number of aromatic nitrogens is 3. The SMILES string of the molecule is CCOC(=O)C(Cc1cc(-n2nc(C)n(C(F)F)c2=O)cc(F)c1Cl)C(C)=O. The van der Waals surface area contributed by atoms with Crippen LogP contribution < -0.4 is 5.69 Å². The van der Waals surface area contributed by atoms with Crippen molar-refractivity contribution in [2.45, 2.75) is 33.7 Å². The topological polar surface area (TPSA) is 83.2 Å². The number of nitrogens with zero attached hydrogens (tertiary/aromatic N) is 3. The van der Waals surface area contributed by atoms with Crippen LogP contribution in [0.2, 0.25) is 5.02 Å². The highest BCUT2D eigenvalue weighted by atomic mass is 35.5. The van der Waals surface area contributed by atoms with Gasteiger partial charge in [0, 0.05) is 6.07 Å². The Hall–Kier alpha value is -2.62. The number of aryl methyl sites for hydroxylation is 1. The lowest BCUT2D eigenvalue weighted by molar-refractivity contribution is -0.151. The Kier molecular flexibility index (Phi) is 6.65. The molecule has 28 heavy (non-hydrogen) atoms. The molecule has 0 fully saturated rings. The summed E-state index contributed by atoms with van der Waals surface area (Å²) >= 11 is 5.94. The molecule has 0 N–H and O–H groups in total. The Bertz CT molecular complexity index is 971. The van der Waals surface area contributed by atoms with E-state index >= 15 is 0 Å². The van der Waals surface area contributed by atoms with E-state index in [2.05, 4.69) is 5.10 Å². The first-order valence-corrected chi connectivity index (χ1v) is 8.57. The molecule has 1 aromatic heterocycles. The maximum absolute atomic E-state index is 14.3. The molecule has 1 unspecified atom stereocenters. The highest BCUT2D eigenvalue weighted by molar-refractivity contribution is 6.31. The smallest absolute Gasteiger partial charge is 0.355 e. The highest BCUT2D eigenvalue weighted by Gasteiger charge is 2.27. The van der Waals surface area contributed by atoms with Crippen LogP contribution in [0, 0.1) is 18.7 Å². The van der Waals surface area contributed by atoms with E-state index in [-0.39, 0.29) is 39.7 Å². The van der Waals surface area contributed by atoms with Crippen molar-refractivity contribution in [3.05, 3.63) is 44.8 Å². The summed E-state index contributed by atoms with van der Waals surface area (Å²) in [5.74, 6) is -3.78. The molecular formula is C17H17ClF3N3O4. The number of hydrogen-bond acceptors (Lipinski definition) is 5. The van der Waals surface area contributed by atoms with Crippen LogP contribution in [0.4, 0.5) is 13.2 Å². The quantitative estimate of drug-likeness (QED) is 0.509. The number of ether oxygens (including phenoxy) is 1. The van der Waals surface area contributed by atoms with Gasteiger partial charge in [-0.2, -0.15) is 18.6 Å². The molecule has 0 saturated carbocycles. The van der Waals surface area contributed by atoms with E-state index in [4.69, 9.17) is 16.3 Å². The van der Waals surface area contributed by atoms with Gasteiger partial charge in [0.1, 0.15) is 23.3 Å². The molecule has 0 amide bonds. The van der Waals surface area contributed by atoms with E-state index in [0.717, 1.165) is 6.07 Å². The lowest BCUT2D eigenvalue weighted by Crippen LogP contribution is -2.27. The third-order valence-corrected chi connectivity index (χ3v) is 4.42. The Morgan fingerprint density at radius 3 is 2.46 bits per heavy atom. The first-order chi connectivity index (χ1) is 13.1. The van der Waals surface area contributed by atoms with Crippen molar-refractivity contribution in [2.24, 2.45) is 5.92 Å². The molecule has 7 nitrogen and oxygen atoms in total. The highest BCUT2D eigenvalue weighted by Crippen LogP contribution is 2.27. The first-order valence-electron chi connectivity index (χ1n) is 8.20. The Balaban J connectivity index is 2.54. The molecule has 0 spiro atoms. The van der Waals surface area contributed by atoms with Crippen molar-refractivity contribution in [1.29, 1.82) is 0 Å². The Morgan fingerprint density at radius 1 is 1.32 bits per heavy atom. The van der Waals surface area contributed by atoms with E-state index in [9.17, 15) is 27.6 Å². The predicted molar refractivity (Wildman–Crippen MR) is 93.3 cm³/mol. The van der Waals surface area contributed by atoms with E-state index in [1.165, 1.54) is 19.9 Å². The molecular weight excluding hydrogens is 403 g/mol. The van der Waals surface area contributed by atoms with Crippen molar-refractivity contribution in [3.8, 4) is 5.69 Å². The van der Waals surface area contributed by atoms with Gasteiger partial charge in [-0.1, -0.05) is 11.6 Å². The van der Waals surface area contributed by atoms with Gasteiger partial charge < -0.3 is 4.74 Å². The minimum absolute atomic E-state index is 0.0288. The van der Waals surface area contributed by atoms with Crippen LogP contribution in [0.1, 0.15) is 31.8 Å². The zero-order valence-electron chi connectivity index (χ0n) is 15.2. The Labute approximate surface area is 162 Å². The summed E-state index contributed by atoms with van der Waals surface area (Å²) in [7, 11) is 0. The molecule has 0 aliphatic rings. The maximum atomic E-state index is 14.3. The summed E-state index contributed by atoms with van der Waals surface area (Å²) in [5.41, 5.74) is -1.31. The number of ketones is 1. The van der Waals surface area contributed by atoms with Gasteiger partial charge in [-0.15, -0.1) is 0 Å². The summed E-state index contributed by atoms with van der Waals surface area (Å²) in [6.07, 6.45) is -0.291. The Morgan fingerprint density at radius 2 is 1.96 bits per heavy atom. The van der Waals surface area contributed by atoms with Gasteiger partial charge in [-0.3, -0.25) is 9.59 Å². The fourth-order valence-corrected chi connectivity index (χ4v) is 2.81.